The lowest BCUT2D eigenvalue weighted by atomic mass is 10.1. The molecule has 0 aromatic rings. The van der Waals surface area contributed by atoms with Gasteiger partial charge in [0.1, 0.15) is 0 Å². The first-order valence-electron chi connectivity index (χ1n) is 4.84. The zero-order chi connectivity index (χ0) is 11.8. The van der Waals surface area contributed by atoms with E-state index in [1.807, 2.05) is 19.9 Å². The van der Waals surface area contributed by atoms with E-state index >= 15 is 0 Å². The second kappa shape index (κ2) is 6.76. The molecule has 0 fully saturated rings. The van der Waals surface area contributed by atoms with E-state index < -0.39 is 0 Å². The summed E-state index contributed by atoms with van der Waals surface area (Å²) in [4.78, 5) is 0. The van der Waals surface area contributed by atoms with Crippen molar-refractivity contribution in [2.24, 2.45) is 5.92 Å². The van der Waals surface area contributed by atoms with Gasteiger partial charge in [0.05, 0.1) is 11.6 Å². The molecule has 0 bridgehead atoms. The maximum atomic E-state index is 9.09. The first-order valence-corrected chi connectivity index (χ1v) is 4.84. The first kappa shape index (κ1) is 13.4. The topological polar surface area (TPSA) is 44.3 Å². The Morgan fingerprint density at radius 2 is 2.07 bits per heavy atom. The van der Waals surface area contributed by atoms with Crippen molar-refractivity contribution >= 4 is 0 Å². The van der Waals surface area contributed by atoms with Crippen LogP contribution in [0.2, 0.25) is 0 Å². The van der Waals surface area contributed by atoms with Crippen molar-refractivity contribution < 1.29 is 5.11 Å². The van der Waals surface area contributed by atoms with Gasteiger partial charge in [0.2, 0.25) is 0 Å². The normalized spacial score (nSPS) is 12.8. The summed E-state index contributed by atoms with van der Waals surface area (Å²) < 4.78 is 0. The lowest BCUT2D eigenvalue weighted by Gasteiger charge is -2.15. The van der Waals surface area contributed by atoms with Crippen LogP contribution in [0.25, 0.3) is 0 Å². The molecule has 0 radical (unpaired) electrons. The molecule has 3 heteroatoms. The summed E-state index contributed by atoms with van der Waals surface area (Å²) >= 11 is 0. The van der Waals surface area contributed by atoms with Crippen LogP contribution < -0.4 is 10.6 Å². The van der Waals surface area contributed by atoms with E-state index in [1.165, 1.54) is 0 Å². The number of hydrogen-bond acceptors (Lipinski definition) is 3. The van der Waals surface area contributed by atoms with Crippen LogP contribution in [-0.2, 0) is 0 Å². The van der Waals surface area contributed by atoms with Gasteiger partial charge in [-0.25, -0.2) is 0 Å². The Bertz CT molecular complexity index is 279. The summed E-state index contributed by atoms with van der Waals surface area (Å²) in [5.74, 6) is 0.875. The maximum Gasteiger partial charge on any atom is 0.0954 e. The van der Waals surface area contributed by atoms with Gasteiger partial charge < -0.3 is 15.7 Å². The maximum absolute atomic E-state index is 9.09. The fraction of sp³-hybridized carbons (Fsp3) is 0.333. The predicted molar refractivity (Wildman–Crippen MR) is 65.2 cm³/mol. The Morgan fingerprint density at radius 1 is 1.47 bits per heavy atom. The molecule has 0 spiro atoms. The van der Waals surface area contributed by atoms with Crippen LogP contribution in [0.5, 0.6) is 0 Å². The minimum atomic E-state index is 0.00670. The van der Waals surface area contributed by atoms with Gasteiger partial charge in [0.25, 0.3) is 0 Å². The number of aliphatic hydroxyl groups excluding tert-OH is 1. The number of allylic oxidation sites excluding steroid dienone is 3. The highest BCUT2D eigenvalue weighted by Gasteiger charge is 2.04. The molecule has 0 aliphatic carbocycles. The average Bonchev–Trinajstić information content (AvgIpc) is 2.14. The van der Waals surface area contributed by atoms with Crippen molar-refractivity contribution in [1.29, 1.82) is 0 Å². The van der Waals surface area contributed by atoms with E-state index in [4.69, 9.17) is 5.11 Å². The van der Waals surface area contributed by atoms with Gasteiger partial charge in [0, 0.05) is 18.2 Å². The highest BCUT2D eigenvalue weighted by atomic mass is 16.3. The van der Waals surface area contributed by atoms with Crippen molar-refractivity contribution in [3.05, 3.63) is 49.2 Å². The number of nitrogens with one attached hydrogen (secondary N) is 2. The van der Waals surface area contributed by atoms with Crippen molar-refractivity contribution in [3.8, 4) is 0 Å². The molecule has 0 aromatic carbocycles. The van der Waals surface area contributed by atoms with Crippen LogP contribution in [0.1, 0.15) is 13.8 Å². The summed E-state index contributed by atoms with van der Waals surface area (Å²) in [6, 6.07) is 0. The summed E-state index contributed by atoms with van der Waals surface area (Å²) in [6.45, 7) is 15.3. The third-order valence-corrected chi connectivity index (χ3v) is 1.91. The molecule has 15 heavy (non-hydrogen) atoms. The molecule has 84 valence electrons. The molecule has 0 saturated carbocycles. The second-order valence-corrected chi connectivity index (χ2v) is 3.46. The van der Waals surface area contributed by atoms with Crippen LogP contribution in [0, 0.1) is 5.92 Å². The first-order chi connectivity index (χ1) is 6.97. The molecule has 0 aromatic heterocycles. The van der Waals surface area contributed by atoms with Gasteiger partial charge in [0.15, 0.2) is 0 Å². The van der Waals surface area contributed by atoms with Gasteiger partial charge in [-0.1, -0.05) is 32.7 Å². The second-order valence-electron chi connectivity index (χ2n) is 3.46. The van der Waals surface area contributed by atoms with Crippen LogP contribution >= 0.6 is 0 Å². The Morgan fingerprint density at radius 3 is 2.53 bits per heavy atom. The van der Waals surface area contributed by atoms with E-state index in [1.54, 1.807) is 6.08 Å². The molecule has 0 aliphatic rings. The summed E-state index contributed by atoms with van der Waals surface area (Å²) in [7, 11) is 0. The number of hydrogen-bond donors (Lipinski definition) is 3. The van der Waals surface area contributed by atoms with Gasteiger partial charge in [-0.15, -0.1) is 0 Å². The van der Waals surface area contributed by atoms with E-state index in [-0.39, 0.29) is 11.7 Å². The van der Waals surface area contributed by atoms with Crippen LogP contribution in [0.15, 0.2) is 49.2 Å². The minimum Gasteiger partial charge on any atom is -0.513 e. The summed E-state index contributed by atoms with van der Waals surface area (Å²) in [5.41, 5.74) is 0.956. The molecule has 1 unspecified atom stereocenters. The summed E-state index contributed by atoms with van der Waals surface area (Å²) in [6.07, 6.45) is 3.55. The van der Waals surface area contributed by atoms with Crippen molar-refractivity contribution in [2.75, 3.05) is 6.54 Å². The molecule has 0 rings (SSSR count). The van der Waals surface area contributed by atoms with E-state index in [2.05, 4.69) is 30.4 Å². The average molecular weight is 208 g/mol. The van der Waals surface area contributed by atoms with Crippen LogP contribution in [0.3, 0.4) is 0 Å². The zero-order valence-corrected chi connectivity index (χ0v) is 9.51. The fourth-order valence-corrected chi connectivity index (χ4v) is 0.895. The third kappa shape index (κ3) is 6.43. The molecule has 0 amide bonds. The van der Waals surface area contributed by atoms with Crippen molar-refractivity contribution in [1.82, 2.24) is 10.6 Å². The SMILES string of the molecule is C=C/C=C(\C)NC(=C)NCC(C)C(=C)O. The van der Waals surface area contributed by atoms with Gasteiger partial charge in [-0.3, -0.25) is 0 Å². The largest absolute Gasteiger partial charge is 0.513 e. The van der Waals surface area contributed by atoms with Gasteiger partial charge in [-0.2, -0.15) is 0 Å². The smallest absolute Gasteiger partial charge is 0.0954 e. The Labute approximate surface area is 91.9 Å². The highest BCUT2D eigenvalue weighted by molar-refractivity contribution is 5.11. The molecule has 1 atom stereocenters. The predicted octanol–water partition coefficient (Wildman–Crippen LogP) is 2.43. The van der Waals surface area contributed by atoms with E-state index in [0.29, 0.717) is 12.4 Å². The number of aliphatic hydroxyl groups is 1. The molecule has 0 saturated heterocycles. The molecule has 0 heterocycles. The standard InChI is InChI=1S/C12H20N2O/c1-6-7-10(3)14-12(5)13-8-9(2)11(4)15/h6-7,9,13-15H,1,4-5,8H2,2-3H3/b10-7+. The fourth-order valence-electron chi connectivity index (χ4n) is 0.895. The molecule has 0 aliphatic heterocycles. The van der Waals surface area contributed by atoms with Crippen molar-refractivity contribution in [2.45, 2.75) is 13.8 Å². The lowest BCUT2D eigenvalue weighted by molar-refractivity contribution is 0.339. The van der Waals surface area contributed by atoms with Gasteiger partial charge in [-0.05, 0) is 13.0 Å². The van der Waals surface area contributed by atoms with E-state index in [9.17, 15) is 0 Å². The molecular formula is C12H20N2O. The quantitative estimate of drug-likeness (QED) is 0.445. The molecule has 3 N–H and O–H groups in total. The Kier molecular flexibility index (Phi) is 6.02. The summed E-state index contributed by atoms with van der Waals surface area (Å²) in [5, 5.41) is 15.2. The highest BCUT2D eigenvalue weighted by Crippen LogP contribution is 2.02. The van der Waals surface area contributed by atoms with Crippen LogP contribution in [0.4, 0.5) is 0 Å². The Balaban J connectivity index is 3.90. The zero-order valence-electron chi connectivity index (χ0n) is 9.51. The third-order valence-electron chi connectivity index (χ3n) is 1.91. The monoisotopic (exact) mass is 208 g/mol. The van der Waals surface area contributed by atoms with E-state index in [0.717, 1.165) is 5.70 Å². The number of rotatable bonds is 7. The molecular weight excluding hydrogens is 188 g/mol. The Hall–Kier alpha value is -1.64. The molecule has 3 nitrogen and oxygen atoms in total. The lowest BCUT2D eigenvalue weighted by Crippen LogP contribution is -2.28. The van der Waals surface area contributed by atoms with Crippen LogP contribution in [-0.4, -0.2) is 11.7 Å². The van der Waals surface area contributed by atoms with Crippen molar-refractivity contribution in [3.63, 3.8) is 0 Å². The van der Waals surface area contributed by atoms with Gasteiger partial charge >= 0.3 is 0 Å². The minimum absolute atomic E-state index is 0.00670.